The maximum atomic E-state index is 9.69. The first kappa shape index (κ1) is 8.21. The van der Waals surface area contributed by atoms with Crippen molar-refractivity contribution in [2.45, 2.75) is 26.4 Å². The van der Waals surface area contributed by atoms with Crippen molar-refractivity contribution in [2.24, 2.45) is 0 Å². The summed E-state index contributed by atoms with van der Waals surface area (Å²) in [7, 11) is 0. The Kier molecular flexibility index (Phi) is 2.99. The second kappa shape index (κ2) is 3.28. The van der Waals surface area contributed by atoms with Gasteiger partial charge in [-0.2, -0.15) is 0 Å². The van der Waals surface area contributed by atoms with Crippen molar-refractivity contribution in [1.29, 1.82) is 0 Å². The molecule has 0 spiro atoms. The van der Waals surface area contributed by atoms with Crippen LogP contribution in [0.3, 0.4) is 0 Å². The topological polar surface area (TPSA) is 26.3 Å². The van der Waals surface area contributed by atoms with Crippen LogP contribution in [0.5, 0.6) is 0 Å². The van der Waals surface area contributed by atoms with Crippen LogP contribution in [0.2, 0.25) is 0 Å². The van der Waals surface area contributed by atoms with Gasteiger partial charge in [-0.3, -0.25) is 4.79 Å². The SMILES string of the molecule is CC(C)(C)O/[C]=C/C=O. The fraction of sp³-hybridized carbons (Fsp3) is 0.571. The number of hydrogen-bond acceptors (Lipinski definition) is 2. The minimum atomic E-state index is -0.250. The normalized spacial score (nSPS) is 11.9. The highest BCUT2D eigenvalue weighted by Gasteiger charge is 2.07. The molecule has 0 unspecified atom stereocenters. The van der Waals surface area contributed by atoms with Crippen molar-refractivity contribution < 1.29 is 9.53 Å². The van der Waals surface area contributed by atoms with Crippen LogP contribution in [0.15, 0.2) is 6.08 Å². The lowest BCUT2D eigenvalue weighted by Crippen LogP contribution is -2.15. The summed E-state index contributed by atoms with van der Waals surface area (Å²) in [5, 5.41) is 0. The van der Waals surface area contributed by atoms with E-state index in [-0.39, 0.29) is 5.60 Å². The summed E-state index contributed by atoms with van der Waals surface area (Å²) >= 11 is 0. The molecular weight excluding hydrogens is 116 g/mol. The minimum Gasteiger partial charge on any atom is -0.484 e. The number of allylic oxidation sites excluding steroid dienone is 1. The molecular formula is C7H11O2. The summed E-state index contributed by atoms with van der Waals surface area (Å²) < 4.78 is 4.93. The number of carbonyl (C=O) groups excluding carboxylic acids is 1. The van der Waals surface area contributed by atoms with Gasteiger partial charge in [0.1, 0.15) is 11.9 Å². The first-order valence-corrected chi connectivity index (χ1v) is 2.77. The van der Waals surface area contributed by atoms with E-state index in [1.54, 1.807) is 0 Å². The highest BCUT2D eigenvalue weighted by Crippen LogP contribution is 2.05. The number of ether oxygens (including phenoxy) is 1. The molecule has 0 aliphatic rings. The highest BCUT2D eigenvalue weighted by molar-refractivity contribution is 5.63. The van der Waals surface area contributed by atoms with E-state index in [4.69, 9.17) is 4.74 Å². The van der Waals surface area contributed by atoms with E-state index in [2.05, 4.69) is 6.26 Å². The molecule has 0 N–H and O–H groups in total. The fourth-order valence-corrected chi connectivity index (χ4v) is 0.239. The van der Waals surface area contributed by atoms with Crippen LogP contribution in [0.4, 0.5) is 0 Å². The van der Waals surface area contributed by atoms with Crippen LogP contribution >= 0.6 is 0 Å². The van der Waals surface area contributed by atoms with Gasteiger partial charge in [0.2, 0.25) is 0 Å². The van der Waals surface area contributed by atoms with Gasteiger partial charge in [0.05, 0.1) is 0 Å². The molecule has 0 aromatic carbocycles. The van der Waals surface area contributed by atoms with Crippen molar-refractivity contribution in [3.63, 3.8) is 0 Å². The number of rotatable bonds is 2. The van der Waals surface area contributed by atoms with E-state index in [0.717, 1.165) is 0 Å². The molecule has 0 amide bonds. The van der Waals surface area contributed by atoms with Crippen LogP contribution in [0.25, 0.3) is 0 Å². The Morgan fingerprint density at radius 1 is 1.44 bits per heavy atom. The molecule has 0 saturated heterocycles. The molecule has 0 fully saturated rings. The second-order valence-electron chi connectivity index (χ2n) is 2.64. The van der Waals surface area contributed by atoms with E-state index >= 15 is 0 Å². The second-order valence-corrected chi connectivity index (χ2v) is 2.64. The van der Waals surface area contributed by atoms with Gasteiger partial charge in [-0.15, -0.1) is 0 Å². The molecule has 0 atom stereocenters. The predicted molar refractivity (Wildman–Crippen MR) is 34.7 cm³/mol. The van der Waals surface area contributed by atoms with Crippen LogP contribution < -0.4 is 0 Å². The predicted octanol–water partition coefficient (Wildman–Crippen LogP) is 1.32. The summed E-state index contributed by atoms with van der Waals surface area (Å²) in [6.07, 6.45) is 4.21. The summed E-state index contributed by atoms with van der Waals surface area (Å²) in [5.74, 6) is 0. The number of carbonyl (C=O) groups is 1. The molecule has 0 heterocycles. The van der Waals surface area contributed by atoms with Crippen molar-refractivity contribution >= 4 is 6.29 Å². The zero-order valence-electron chi connectivity index (χ0n) is 5.97. The van der Waals surface area contributed by atoms with Gasteiger partial charge < -0.3 is 4.74 Å². The quantitative estimate of drug-likeness (QED) is 0.317. The van der Waals surface area contributed by atoms with E-state index in [1.807, 2.05) is 20.8 Å². The van der Waals surface area contributed by atoms with E-state index < -0.39 is 0 Å². The lowest BCUT2D eigenvalue weighted by molar-refractivity contribution is -0.104. The standard InChI is InChI=1S/C7H11O2/c1-7(2,3)9-6-4-5-8/h4-5H,1-3H3. The first-order chi connectivity index (χ1) is 4.06. The molecule has 0 aliphatic heterocycles. The van der Waals surface area contributed by atoms with Crippen LogP contribution in [-0.4, -0.2) is 11.9 Å². The van der Waals surface area contributed by atoms with Gasteiger partial charge in [0, 0.05) is 6.08 Å². The summed E-state index contributed by atoms with van der Waals surface area (Å²) in [6.45, 7) is 5.66. The lowest BCUT2D eigenvalue weighted by Gasteiger charge is -2.15. The third-order valence-electron chi connectivity index (χ3n) is 0.501. The van der Waals surface area contributed by atoms with Crippen molar-refractivity contribution in [2.75, 3.05) is 0 Å². The van der Waals surface area contributed by atoms with E-state index in [0.29, 0.717) is 6.29 Å². The largest absolute Gasteiger partial charge is 0.484 e. The Balaban J connectivity index is 3.50. The molecule has 2 nitrogen and oxygen atoms in total. The van der Waals surface area contributed by atoms with Gasteiger partial charge in [0.15, 0.2) is 6.26 Å². The number of aldehydes is 1. The van der Waals surface area contributed by atoms with Gasteiger partial charge in [-0.05, 0) is 20.8 Å². The summed E-state index contributed by atoms with van der Waals surface area (Å²) in [5.41, 5.74) is -0.250. The smallest absolute Gasteiger partial charge is 0.165 e. The monoisotopic (exact) mass is 127 g/mol. The first-order valence-electron chi connectivity index (χ1n) is 2.77. The van der Waals surface area contributed by atoms with Crippen molar-refractivity contribution in [1.82, 2.24) is 0 Å². The Hall–Kier alpha value is -0.790. The molecule has 0 aromatic rings. The Bertz CT molecular complexity index is 109. The molecule has 0 aliphatic carbocycles. The van der Waals surface area contributed by atoms with Crippen molar-refractivity contribution in [3.05, 3.63) is 12.3 Å². The van der Waals surface area contributed by atoms with Crippen LogP contribution in [0, 0.1) is 6.26 Å². The Morgan fingerprint density at radius 2 is 2.00 bits per heavy atom. The zero-order chi connectivity index (χ0) is 7.33. The van der Waals surface area contributed by atoms with Crippen LogP contribution in [-0.2, 0) is 9.53 Å². The highest BCUT2D eigenvalue weighted by atomic mass is 16.5. The molecule has 0 aromatic heterocycles. The zero-order valence-corrected chi connectivity index (χ0v) is 5.97. The molecule has 2 heteroatoms. The molecule has 0 bridgehead atoms. The minimum absolute atomic E-state index is 0.250. The molecule has 0 saturated carbocycles. The van der Waals surface area contributed by atoms with Gasteiger partial charge in [-0.1, -0.05) is 0 Å². The maximum absolute atomic E-state index is 9.69. The molecule has 0 rings (SSSR count). The fourth-order valence-electron chi connectivity index (χ4n) is 0.239. The van der Waals surface area contributed by atoms with Gasteiger partial charge in [-0.25, -0.2) is 0 Å². The van der Waals surface area contributed by atoms with Crippen molar-refractivity contribution in [3.8, 4) is 0 Å². The Labute approximate surface area is 55.5 Å². The third-order valence-corrected chi connectivity index (χ3v) is 0.501. The van der Waals surface area contributed by atoms with Gasteiger partial charge >= 0.3 is 0 Å². The summed E-state index contributed by atoms with van der Waals surface area (Å²) in [4.78, 5) is 9.69. The average molecular weight is 127 g/mol. The van der Waals surface area contributed by atoms with E-state index in [9.17, 15) is 4.79 Å². The average Bonchev–Trinajstić information content (AvgIpc) is 1.63. The third kappa shape index (κ3) is 7.21. The number of hydrogen-bond donors (Lipinski definition) is 0. The van der Waals surface area contributed by atoms with Crippen LogP contribution in [0.1, 0.15) is 20.8 Å². The Morgan fingerprint density at radius 3 is 2.33 bits per heavy atom. The van der Waals surface area contributed by atoms with Gasteiger partial charge in [0.25, 0.3) is 0 Å². The summed E-state index contributed by atoms with van der Waals surface area (Å²) in [6, 6.07) is 0. The lowest BCUT2D eigenvalue weighted by atomic mass is 10.2. The van der Waals surface area contributed by atoms with E-state index in [1.165, 1.54) is 6.08 Å². The maximum Gasteiger partial charge on any atom is 0.165 e. The molecule has 9 heavy (non-hydrogen) atoms. The molecule has 1 radical (unpaired) electrons. The molecule has 51 valence electrons.